The molecule has 1 aromatic carbocycles. The normalized spacial score (nSPS) is 18.6. The van der Waals surface area contributed by atoms with Gasteiger partial charge in [-0.2, -0.15) is 0 Å². The molecule has 3 rings (SSSR count). The first-order valence-corrected chi connectivity index (χ1v) is 9.26. The molecule has 1 aliphatic rings. The summed E-state index contributed by atoms with van der Waals surface area (Å²) in [6.07, 6.45) is 2.51. The number of hydrogen-bond donors (Lipinski definition) is 1. The molecule has 0 radical (unpaired) electrons. The topological polar surface area (TPSA) is 71.5 Å². The average molecular weight is 339 g/mol. The first kappa shape index (κ1) is 15.3. The first-order valence-electron chi connectivity index (χ1n) is 6.90. The lowest BCUT2D eigenvalue weighted by atomic mass is 10.3. The number of benzene rings is 1. The number of rotatable bonds is 5. The Labute approximate surface area is 133 Å². The van der Waals surface area contributed by atoms with Crippen molar-refractivity contribution in [2.75, 3.05) is 25.1 Å². The van der Waals surface area contributed by atoms with Gasteiger partial charge >= 0.3 is 0 Å². The summed E-state index contributed by atoms with van der Waals surface area (Å²) in [7, 11) is -2.13. The predicted octanol–water partition coefficient (Wildman–Crippen LogP) is 1.71. The molecule has 1 atom stereocenters. The third-order valence-electron chi connectivity index (χ3n) is 3.56. The number of para-hydroxylation sites is 1. The molecule has 0 unspecified atom stereocenters. The van der Waals surface area contributed by atoms with Crippen molar-refractivity contribution in [2.24, 2.45) is 0 Å². The lowest BCUT2D eigenvalue weighted by Crippen LogP contribution is -2.37. The fourth-order valence-electron chi connectivity index (χ4n) is 2.53. The number of methoxy groups -OCH3 is 1. The number of hydrogen-bond acceptors (Lipinski definition) is 6. The number of thiazole rings is 1. The van der Waals surface area contributed by atoms with Gasteiger partial charge in [-0.25, -0.2) is 18.1 Å². The standard InChI is InChI=1S/C14H17N3O3S2/c1-20-12-4-2-3-5-13(12)22(18,19)16-11-6-8-17(10-11)14-15-7-9-21-14/h2-5,7,9,11,16H,6,8,10H2,1H3/t11-/m0/s1. The van der Waals surface area contributed by atoms with Crippen molar-refractivity contribution in [1.29, 1.82) is 0 Å². The van der Waals surface area contributed by atoms with Gasteiger partial charge in [0.05, 0.1) is 7.11 Å². The summed E-state index contributed by atoms with van der Waals surface area (Å²) in [4.78, 5) is 6.53. The minimum Gasteiger partial charge on any atom is -0.495 e. The minimum atomic E-state index is -3.60. The van der Waals surface area contributed by atoms with E-state index in [1.165, 1.54) is 7.11 Å². The van der Waals surface area contributed by atoms with Crippen LogP contribution in [0.1, 0.15) is 6.42 Å². The van der Waals surface area contributed by atoms with Crippen molar-refractivity contribution < 1.29 is 13.2 Å². The Morgan fingerprint density at radius 3 is 2.95 bits per heavy atom. The monoisotopic (exact) mass is 339 g/mol. The van der Waals surface area contributed by atoms with Crippen LogP contribution in [0, 0.1) is 0 Å². The summed E-state index contributed by atoms with van der Waals surface area (Å²) in [5.74, 6) is 0.352. The number of nitrogens with zero attached hydrogens (tertiary/aromatic N) is 2. The molecular formula is C14H17N3O3S2. The van der Waals surface area contributed by atoms with E-state index in [4.69, 9.17) is 4.74 Å². The number of anilines is 1. The van der Waals surface area contributed by atoms with E-state index in [9.17, 15) is 8.42 Å². The maximum Gasteiger partial charge on any atom is 0.244 e. The molecule has 0 aliphatic carbocycles. The number of ether oxygens (including phenoxy) is 1. The zero-order valence-electron chi connectivity index (χ0n) is 12.1. The van der Waals surface area contributed by atoms with E-state index in [-0.39, 0.29) is 10.9 Å². The van der Waals surface area contributed by atoms with Crippen LogP contribution in [0.15, 0.2) is 40.7 Å². The van der Waals surface area contributed by atoms with Gasteiger partial charge in [-0.3, -0.25) is 0 Å². The van der Waals surface area contributed by atoms with Crippen molar-refractivity contribution in [3.05, 3.63) is 35.8 Å². The molecule has 0 saturated carbocycles. The van der Waals surface area contributed by atoms with Gasteiger partial charge in [-0.1, -0.05) is 12.1 Å². The van der Waals surface area contributed by atoms with Gasteiger partial charge in [-0.05, 0) is 18.6 Å². The Morgan fingerprint density at radius 2 is 2.23 bits per heavy atom. The van der Waals surface area contributed by atoms with Crippen LogP contribution in [0.25, 0.3) is 0 Å². The molecule has 1 aliphatic heterocycles. The van der Waals surface area contributed by atoms with E-state index >= 15 is 0 Å². The third-order valence-corrected chi connectivity index (χ3v) is 5.95. The SMILES string of the molecule is COc1ccccc1S(=O)(=O)N[C@H]1CCN(c2nccs2)C1. The van der Waals surface area contributed by atoms with Gasteiger partial charge in [0.15, 0.2) is 5.13 Å². The van der Waals surface area contributed by atoms with Crippen LogP contribution in [0.4, 0.5) is 5.13 Å². The molecule has 22 heavy (non-hydrogen) atoms. The highest BCUT2D eigenvalue weighted by Crippen LogP contribution is 2.26. The molecule has 118 valence electrons. The van der Waals surface area contributed by atoms with Crippen molar-refractivity contribution in [3.63, 3.8) is 0 Å². The van der Waals surface area contributed by atoms with Gasteiger partial charge in [0, 0.05) is 30.7 Å². The predicted molar refractivity (Wildman–Crippen MR) is 86.0 cm³/mol. The lowest BCUT2D eigenvalue weighted by molar-refractivity contribution is 0.402. The lowest BCUT2D eigenvalue weighted by Gasteiger charge is -2.16. The molecule has 1 saturated heterocycles. The smallest absolute Gasteiger partial charge is 0.244 e. The van der Waals surface area contributed by atoms with Crippen LogP contribution in [-0.4, -0.2) is 39.6 Å². The molecular weight excluding hydrogens is 322 g/mol. The largest absolute Gasteiger partial charge is 0.495 e. The fraction of sp³-hybridized carbons (Fsp3) is 0.357. The van der Waals surface area contributed by atoms with Gasteiger partial charge in [0.1, 0.15) is 10.6 Å². The summed E-state index contributed by atoms with van der Waals surface area (Å²) in [5.41, 5.74) is 0. The Kier molecular flexibility index (Phi) is 4.32. The van der Waals surface area contributed by atoms with Crippen molar-refractivity contribution in [2.45, 2.75) is 17.4 Å². The van der Waals surface area contributed by atoms with Crippen LogP contribution >= 0.6 is 11.3 Å². The zero-order valence-corrected chi connectivity index (χ0v) is 13.7. The van der Waals surface area contributed by atoms with Gasteiger partial charge < -0.3 is 9.64 Å². The Morgan fingerprint density at radius 1 is 1.41 bits per heavy atom. The summed E-state index contributed by atoms with van der Waals surface area (Å²) in [5, 5.41) is 2.85. The van der Waals surface area contributed by atoms with Crippen molar-refractivity contribution in [1.82, 2.24) is 9.71 Å². The maximum absolute atomic E-state index is 12.5. The van der Waals surface area contributed by atoms with Gasteiger partial charge in [-0.15, -0.1) is 11.3 Å². The van der Waals surface area contributed by atoms with Crippen LogP contribution < -0.4 is 14.4 Å². The second kappa shape index (κ2) is 6.23. The molecule has 2 heterocycles. The number of aromatic nitrogens is 1. The minimum absolute atomic E-state index is 0.126. The van der Waals surface area contributed by atoms with E-state index in [0.29, 0.717) is 12.3 Å². The van der Waals surface area contributed by atoms with Crippen LogP contribution in [-0.2, 0) is 10.0 Å². The highest BCUT2D eigenvalue weighted by molar-refractivity contribution is 7.89. The maximum atomic E-state index is 12.5. The molecule has 1 N–H and O–H groups in total. The van der Waals surface area contributed by atoms with Crippen molar-refractivity contribution >= 4 is 26.5 Å². The Balaban J connectivity index is 1.73. The van der Waals surface area contributed by atoms with E-state index < -0.39 is 10.0 Å². The second-order valence-electron chi connectivity index (χ2n) is 5.02. The summed E-state index contributed by atoms with van der Waals surface area (Å²) in [6.45, 7) is 1.43. The zero-order chi connectivity index (χ0) is 15.6. The van der Waals surface area contributed by atoms with Gasteiger partial charge in [0.2, 0.25) is 10.0 Å². The van der Waals surface area contributed by atoms with E-state index in [2.05, 4.69) is 14.6 Å². The number of nitrogens with one attached hydrogen (secondary N) is 1. The first-order chi connectivity index (χ1) is 10.6. The summed E-state index contributed by atoms with van der Waals surface area (Å²) in [6, 6.07) is 6.50. The molecule has 1 fully saturated rings. The van der Waals surface area contributed by atoms with E-state index in [1.54, 1.807) is 41.8 Å². The van der Waals surface area contributed by atoms with E-state index in [1.807, 2.05) is 5.38 Å². The average Bonchev–Trinajstić information content (AvgIpc) is 3.17. The highest BCUT2D eigenvalue weighted by Gasteiger charge is 2.29. The van der Waals surface area contributed by atoms with Gasteiger partial charge in [0.25, 0.3) is 0 Å². The third kappa shape index (κ3) is 3.08. The summed E-state index contributed by atoms with van der Waals surface area (Å²) >= 11 is 1.56. The van der Waals surface area contributed by atoms with E-state index in [0.717, 1.165) is 18.1 Å². The Hall–Kier alpha value is -1.64. The van der Waals surface area contributed by atoms with Crippen LogP contribution in [0.2, 0.25) is 0 Å². The molecule has 8 heteroatoms. The molecule has 1 aromatic heterocycles. The molecule has 0 bridgehead atoms. The molecule has 0 spiro atoms. The second-order valence-corrected chi connectivity index (χ2v) is 7.57. The highest BCUT2D eigenvalue weighted by atomic mass is 32.2. The quantitative estimate of drug-likeness (QED) is 0.898. The molecule has 2 aromatic rings. The van der Waals surface area contributed by atoms with Crippen LogP contribution in [0.3, 0.4) is 0 Å². The number of sulfonamides is 1. The fourth-order valence-corrected chi connectivity index (χ4v) is 4.64. The van der Waals surface area contributed by atoms with Crippen molar-refractivity contribution in [3.8, 4) is 5.75 Å². The summed E-state index contributed by atoms with van der Waals surface area (Å²) < 4.78 is 33.0. The molecule has 0 amide bonds. The Bertz CT molecular complexity index is 732. The van der Waals surface area contributed by atoms with Crippen LogP contribution in [0.5, 0.6) is 5.75 Å². The molecule has 6 nitrogen and oxygen atoms in total.